The molecule has 3 rings (SSSR count). The summed E-state index contributed by atoms with van der Waals surface area (Å²) in [5.74, 6) is 0.638. The van der Waals surface area contributed by atoms with Crippen molar-refractivity contribution in [2.75, 3.05) is 23.7 Å². The first-order valence-electron chi connectivity index (χ1n) is 10.4. The standard InChI is InChI=1S/C23H30N2O3S2/c1-18-11-13-20(14-12-18)25(2)30(27,28)22-10-6-7-19(17-22)23(26)24-15-16-29-21-8-4-3-5-9-21/h6-7,10-14,17,21H,3-5,8-9,15-16H2,1-2H3,(H,24,26). The summed E-state index contributed by atoms with van der Waals surface area (Å²) in [5, 5.41) is 3.63. The van der Waals surface area contributed by atoms with E-state index in [1.807, 2.05) is 30.8 Å². The van der Waals surface area contributed by atoms with Crippen molar-refractivity contribution in [2.45, 2.75) is 49.2 Å². The highest BCUT2D eigenvalue weighted by Gasteiger charge is 2.22. The first-order chi connectivity index (χ1) is 14.4. The minimum Gasteiger partial charge on any atom is -0.351 e. The quantitative estimate of drug-likeness (QED) is 0.601. The number of amides is 1. The number of rotatable bonds is 8. The van der Waals surface area contributed by atoms with Gasteiger partial charge in [0.15, 0.2) is 0 Å². The van der Waals surface area contributed by atoms with E-state index >= 15 is 0 Å². The zero-order valence-corrected chi connectivity index (χ0v) is 19.3. The molecule has 1 aliphatic carbocycles. The van der Waals surface area contributed by atoms with E-state index < -0.39 is 10.0 Å². The number of thioether (sulfide) groups is 1. The Morgan fingerprint density at radius 3 is 2.50 bits per heavy atom. The molecule has 0 bridgehead atoms. The molecule has 1 fully saturated rings. The van der Waals surface area contributed by atoms with E-state index in [9.17, 15) is 13.2 Å². The molecule has 1 aliphatic rings. The van der Waals surface area contributed by atoms with Gasteiger partial charge in [0.1, 0.15) is 0 Å². The maximum atomic E-state index is 13.0. The maximum absolute atomic E-state index is 13.0. The van der Waals surface area contributed by atoms with Gasteiger partial charge in [0.25, 0.3) is 15.9 Å². The summed E-state index contributed by atoms with van der Waals surface area (Å²) in [4.78, 5) is 12.6. The Labute approximate surface area is 184 Å². The fourth-order valence-corrected chi connectivity index (χ4v) is 6.04. The van der Waals surface area contributed by atoms with Gasteiger partial charge in [-0.15, -0.1) is 0 Å². The largest absolute Gasteiger partial charge is 0.351 e. The number of hydrogen-bond donors (Lipinski definition) is 1. The van der Waals surface area contributed by atoms with E-state index in [-0.39, 0.29) is 10.8 Å². The average Bonchev–Trinajstić information content (AvgIpc) is 2.77. The van der Waals surface area contributed by atoms with Crippen molar-refractivity contribution in [2.24, 2.45) is 0 Å². The molecule has 0 atom stereocenters. The molecular formula is C23H30N2O3S2. The van der Waals surface area contributed by atoms with Gasteiger partial charge in [-0.2, -0.15) is 11.8 Å². The van der Waals surface area contributed by atoms with Crippen LogP contribution in [0.25, 0.3) is 0 Å². The second kappa shape index (κ2) is 10.4. The van der Waals surface area contributed by atoms with Crippen molar-refractivity contribution in [3.63, 3.8) is 0 Å². The lowest BCUT2D eigenvalue weighted by molar-refractivity contribution is 0.0956. The molecule has 7 heteroatoms. The molecule has 0 unspecified atom stereocenters. The van der Waals surface area contributed by atoms with E-state index in [1.165, 1.54) is 55.6 Å². The van der Waals surface area contributed by atoms with Gasteiger partial charge < -0.3 is 5.32 Å². The molecule has 0 spiro atoms. The third-order valence-electron chi connectivity index (χ3n) is 5.45. The first kappa shape index (κ1) is 22.7. The summed E-state index contributed by atoms with van der Waals surface area (Å²) < 4.78 is 27.3. The Hall–Kier alpha value is -1.99. The van der Waals surface area contributed by atoms with Crippen LogP contribution < -0.4 is 9.62 Å². The molecule has 30 heavy (non-hydrogen) atoms. The molecule has 162 valence electrons. The first-order valence-corrected chi connectivity index (χ1v) is 12.9. The summed E-state index contributed by atoms with van der Waals surface area (Å²) in [6.07, 6.45) is 6.50. The van der Waals surface area contributed by atoms with Gasteiger partial charge in [0.2, 0.25) is 0 Å². The lowest BCUT2D eigenvalue weighted by atomic mass is 10.0. The molecule has 1 amide bonds. The minimum atomic E-state index is -3.75. The monoisotopic (exact) mass is 446 g/mol. The number of nitrogens with zero attached hydrogens (tertiary/aromatic N) is 1. The Kier molecular flexibility index (Phi) is 7.83. The summed E-state index contributed by atoms with van der Waals surface area (Å²) in [5.41, 5.74) is 2.00. The predicted octanol–water partition coefficient (Wildman–Crippen LogP) is 4.62. The Balaban J connectivity index is 1.61. The van der Waals surface area contributed by atoms with Crippen molar-refractivity contribution < 1.29 is 13.2 Å². The highest BCUT2D eigenvalue weighted by Crippen LogP contribution is 2.28. The average molecular weight is 447 g/mol. The van der Waals surface area contributed by atoms with Crippen LogP contribution in [0, 0.1) is 6.92 Å². The van der Waals surface area contributed by atoms with Gasteiger partial charge in [-0.05, 0) is 50.1 Å². The van der Waals surface area contributed by atoms with Crippen LogP contribution >= 0.6 is 11.8 Å². The molecule has 1 saturated carbocycles. The molecule has 0 saturated heterocycles. The van der Waals surface area contributed by atoms with Crippen molar-refractivity contribution in [1.29, 1.82) is 0 Å². The van der Waals surface area contributed by atoms with Gasteiger partial charge in [-0.1, -0.05) is 43.0 Å². The van der Waals surface area contributed by atoms with Crippen LogP contribution in [0.15, 0.2) is 53.4 Å². The van der Waals surface area contributed by atoms with Gasteiger partial charge in [-0.3, -0.25) is 9.10 Å². The molecule has 0 aromatic heterocycles. The number of carbonyl (C=O) groups is 1. The third-order valence-corrected chi connectivity index (χ3v) is 8.61. The molecule has 0 aliphatic heterocycles. The van der Waals surface area contributed by atoms with Gasteiger partial charge >= 0.3 is 0 Å². The van der Waals surface area contributed by atoms with Crippen LogP contribution in [-0.4, -0.2) is 38.9 Å². The number of nitrogens with one attached hydrogen (secondary N) is 1. The van der Waals surface area contributed by atoms with E-state index in [4.69, 9.17) is 0 Å². The van der Waals surface area contributed by atoms with E-state index in [0.717, 1.165) is 11.3 Å². The lowest BCUT2D eigenvalue weighted by Gasteiger charge is -2.21. The van der Waals surface area contributed by atoms with Crippen LogP contribution in [0.5, 0.6) is 0 Å². The number of sulfonamides is 1. The van der Waals surface area contributed by atoms with Crippen LogP contribution in [0.3, 0.4) is 0 Å². The summed E-state index contributed by atoms with van der Waals surface area (Å²) >= 11 is 1.93. The van der Waals surface area contributed by atoms with E-state index in [1.54, 1.807) is 24.3 Å². The zero-order chi connectivity index (χ0) is 21.6. The molecule has 0 heterocycles. The minimum absolute atomic E-state index is 0.106. The lowest BCUT2D eigenvalue weighted by Crippen LogP contribution is -2.28. The SMILES string of the molecule is Cc1ccc(N(C)S(=O)(=O)c2cccc(C(=O)NCCSC3CCCCC3)c2)cc1. The fraction of sp³-hybridized carbons (Fsp3) is 0.435. The maximum Gasteiger partial charge on any atom is 0.264 e. The van der Waals surface area contributed by atoms with Gasteiger partial charge in [0.05, 0.1) is 10.6 Å². The highest BCUT2D eigenvalue weighted by atomic mass is 32.2. The van der Waals surface area contributed by atoms with Crippen molar-refractivity contribution >= 4 is 33.4 Å². The second-order valence-electron chi connectivity index (χ2n) is 7.72. The number of carbonyl (C=O) groups excluding carboxylic acids is 1. The summed E-state index contributed by atoms with van der Waals surface area (Å²) in [6.45, 7) is 2.54. The molecular weight excluding hydrogens is 416 g/mol. The normalized spacial score (nSPS) is 15.0. The van der Waals surface area contributed by atoms with Crippen molar-refractivity contribution in [3.8, 4) is 0 Å². The molecule has 2 aromatic carbocycles. The van der Waals surface area contributed by atoms with Crippen molar-refractivity contribution in [1.82, 2.24) is 5.32 Å². The van der Waals surface area contributed by atoms with Gasteiger partial charge in [-0.25, -0.2) is 8.42 Å². The predicted molar refractivity (Wildman–Crippen MR) is 125 cm³/mol. The molecule has 5 nitrogen and oxygen atoms in total. The number of benzene rings is 2. The number of hydrogen-bond acceptors (Lipinski definition) is 4. The smallest absolute Gasteiger partial charge is 0.264 e. The zero-order valence-electron chi connectivity index (χ0n) is 17.6. The number of anilines is 1. The second-order valence-corrected chi connectivity index (χ2v) is 11.1. The molecule has 1 N–H and O–H groups in total. The van der Waals surface area contributed by atoms with Crippen molar-refractivity contribution in [3.05, 3.63) is 59.7 Å². The Morgan fingerprint density at radius 1 is 1.10 bits per heavy atom. The topological polar surface area (TPSA) is 66.5 Å². The number of aryl methyl sites for hydroxylation is 1. The van der Waals surface area contributed by atoms with E-state index in [0.29, 0.717) is 23.0 Å². The Morgan fingerprint density at radius 2 is 1.80 bits per heavy atom. The van der Waals surface area contributed by atoms with E-state index in [2.05, 4.69) is 5.32 Å². The van der Waals surface area contributed by atoms with Crippen LogP contribution in [0.2, 0.25) is 0 Å². The molecule has 0 radical (unpaired) electrons. The van der Waals surface area contributed by atoms with Crippen LogP contribution in [0.1, 0.15) is 48.0 Å². The fourth-order valence-electron chi connectivity index (χ4n) is 3.57. The highest BCUT2D eigenvalue weighted by molar-refractivity contribution is 7.99. The van der Waals surface area contributed by atoms with Crippen LogP contribution in [0.4, 0.5) is 5.69 Å². The third kappa shape index (κ3) is 5.79. The van der Waals surface area contributed by atoms with Crippen LogP contribution in [-0.2, 0) is 10.0 Å². The summed E-state index contributed by atoms with van der Waals surface area (Å²) in [7, 11) is -2.23. The summed E-state index contributed by atoms with van der Waals surface area (Å²) in [6, 6.07) is 13.5. The Bertz CT molecular complexity index is 953. The van der Waals surface area contributed by atoms with Gasteiger partial charge in [0, 0.05) is 30.2 Å². The molecule has 2 aromatic rings.